The van der Waals surface area contributed by atoms with Crippen LogP contribution in [-0.2, 0) is 14.5 Å². The average Bonchev–Trinajstić information content (AvgIpc) is 2.35. The molecular formula is C15H20O6. The molecule has 0 bridgehead atoms. The third kappa shape index (κ3) is 5.53. The summed E-state index contributed by atoms with van der Waals surface area (Å²) in [7, 11) is 0. The summed E-state index contributed by atoms with van der Waals surface area (Å²) in [6.45, 7) is 8.35. The summed E-state index contributed by atoms with van der Waals surface area (Å²) >= 11 is 0. The van der Waals surface area contributed by atoms with E-state index in [0.29, 0.717) is 0 Å². The number of hydrogen-bond donors (Lipinski definition) is 1. The van der Waals surface area contributed by atoms with Crippen LogP contribution in [0.2, 0.25) is 0 Å². The first kappa shape index (κ1) is 17.1. The molecule has 6 nitrogen and oxygen atoms in total. The van der Waals surface area contributed by atoms with Crippen molar-refractivity contribution in [2.24, 2.45) is 0 Å². The smallest absolute Gasteiger partial charge is 0.341 e. The summed E-state index contributed by atoms with van der Waals surface area (Å²) in [5, 5.41) is 9.06. The molecule has 1 rings (SSSR count). The fraction of sp³-hybridized carbons (Fsp3) is 0.467. The lowest BCUT2D eigenvalue weighted by atomic mass is 10.1. The maximum atomic E-state index is 12.1. The minimum absolute atomic E-state index is 0.0440. The van der Waals surface area contributed by atoms with Gasteiger partial charge in [-0.1, -0.05) is 12.1 Å². The maximum Gasteiger partial charge on any atom is 0.341 e. The zero-order valence-electron chi connectivity index (χ0n) is 12.8. The van der Waals surface area contributed by atoms with Crippen LogP contribution in [0.5, 0.6) is 0 Å². The number of carboxylic acid groups (broad SMARTS) is 1. The van der Waals surface area contributed by atoms with E-state index in [-0.39, 0.29) is 11.1 Å². The molecule has 0 saturated carbocycles. The van der Waals surface area contributed by atoms with Crippen LogP contribution >= 0.6 is 0 Å². The Bertz CT molecular complexity index is 527. The SMILES string of the molecule is CC(C)(C)OOC(C)(C)OC(=O)c1ccccc1C(=O)O. The standard InChI is InChI=1S/C15H20O6/c1-14(2,3)20-21-15(4,5)19-13(18)11-9-7-6-8-10(11)12(16)17/h6-9H,1-5H3,(H,16,17). The van der Waals surface area contributed by atoms with Crippen LogP contribution in [0.1, 0.15) is 55.3 Å². The van der Waals surface area contributed by atoms with E-state index in [9.17, 15) is 9.59 Å². The second-order valence-electron chi connectivity index (χ2n) is 5.92. The van der Waals surface area contributed by atoms with E-state index >= 15 is 0 Å². The lowest BCUT2D eigenvalue weighted by Gasteiger charge is -2.28. The van der Waals surface area contributed by atoms with Gasteiger partial charge in [0.1, 0.15) is 0 Å². The highest BCUT2D eigenvalue weighted by molar-refractivity contribution is 6.02. The lowest BCUT2D eigenvalue weighted by molar-refractivity contribution is -0.439. The van der Waals surface area contributed by atoms with Crippen molar-refractivity contribution in [1.29, 1.82) is 0 Å². The average molecular weight is 296 g/mol. The molecule has 0 amide bonds. The molecule has 0 aliphatic rings. The van der Waals surface area contributed by atoms with Crippen LogP contribution in [0.15, 0.2) is 24.3 Å². The number of rotatable bonds is 5. The fourth-order valence-corrected chi connectivity index (χ4v) is 1.37. The van der Waals surface area contributed by atoms with Crippen molar-refractivity contribution in [2.75, 3.05) is 0 Å². The Morgan fingerprint density at radius 1 is 0.952 bits per heavy atom. The quantitative estimate of drug-likeness (QED) is 0.389. The van der Waals surface area contributed by atoms with Gasteiger partial charge in [-0.15, -0.1) is 0 Å². The highest BCUT2D eigenvalue weighted by Gasteiger charge is 2.30. The van der Waals surface area contributed by atoms with Gasteiger partial charge in [-0.3, -0.25) is 0 Å². The zero-order valence-corrected chi connectivity index (χ0v) is 12.8. The highest BCUT2D eigenvalue weighted by Crippen LogP contribution is 2.20. The van der Waals surface area contributed by atoms with Crippen LogP contribution in [-0.4, -0.2) is 28.4 Å². The van der Waals surface area contributed by atoms with Gasteiger partial charge in [0.2, 0.25) is 5.79 Å². The molecule has 0 aliphatic carbocycles. The first-order valence-corrected chi connectivity index (χ1v) is 6.44. The van der Waals surface area contributed by atoms with E-state index in [1.54, 1.807) is 26.8 Å². The largest absolute Gasteiger partial charge is 0.478 e. The van der Waals surface area contributed by atoms with Gasteiger partial charge in [-0.25, -0.2) is 14.5 Å². The number of hydrogen-bond acceptors (Lipinski definition) is 5. The number of esters is 1. The van der Waals surface area contributed by atoms with Gasteiger partial charge in [0.05, 0.1) is 16.7 Å². The number of ether oxygens (including phenoxy) is 1. The molecule has 1 aromatic carbocycles. The van der Waals surface area contributed by atoms with E-state index in [1.807, 2.05) is 0 Å². The van der Waals surface area contributed by atoms with E-state index < -0.39 is 23.3 Å². The summed E-state index contributed by atoms with van der Waals surface area (Å²) in [6.07, 6.45) is 0. The van der Waals surface area contributed by atoms with Crippen LogP contribution in [0.4, 0.5) is 0 Å². The van der Waals surface area contributed by atoms with Crippen molar-refractivity contribution < 1.29 is 29.2 Å². The van der Waals surface area contributed by atoms with E-state index in [2.05, 4.69) is 0 Å². The molecule has 21 heavy (non-hydrogen) atoms. The number of carbonyl (C=O) groups excluding carboxylic acids is 1. The van der Waals surface area contributed by atoms with Crippen molar-refractivity contribution in [1.82, 2.24) is 0 Å². The second-order valence-corrected chi connectivity index (χ2v) is 5.92. The highest BCUT2D eigenvalue weighted by atomic mass is 17.2. The molecule has 0 spiro atoms. The van der Waals surface area contributed by atoms with Crippen LogP contribution in [0.3, 0.4) is 0 Å². The number of carbonyl (C=O) groups is 2. The van der Waals surface area contributed by atoms with Gasteiger partial charge in [0.25, 0.3) is 0 Å². The normalized spacial score (nSPS) is 12.0. The number of carboxylic acids is 1. The van der Waals surface area contributed by atoms with Crippen molar-refractivity contribution >= 4 is 11.9 Å². The molecule has 0 saturated heterocycles. The Labute approximate surface area is 123 Å². The Kier molecular flexibility index (Phi) is 5.09. The summed E-state index contributed by atoms with van der Waals surface area (Å²) < 4.78 is 5.16. The Morgan fingerprint density at radius 3 is 1.95 bits per heavy atom. The van der Waals surface area contributed by atoms with Crippen molar-refractivity contribution in [2.45, 2.75) is 46.0 Å². The minimum Gasteiger partial charge on any atom is -0.478 e. The Hall–Kier alpha value is -1.92. The van der Waals surface area contributed by atoms with Crippen molar-refractivity contribution in [3.05, 3.63) is 35.4 Å². The molecule has 116 valence electrons. The maximum absolute atomic E-state index is 12.1. The van der Waals surface area contributed by atoms with Gasteiger partial charge >= 0.3 is 11.9 Å². The first-order chi connectivity index (χ1) is 9.52. The third-order valence-electron chi connectivity index (χ3n) is 2.21. The van der Waals surface area contributed by atoms with Crippen molar-refractivity contribution in [3.8, 4) is 0 Å². The molecular weight excluding hydrogens is 276 g/mol. The Balaban J connectivity index is 2.83. The molecule has 0 unspecified atom stereocenters. The van der Waals surface area contributed by atoms with Crippen LogP contribution < -0.4 is 0 Å². The summed E-state index contributed by atoms with van der Waals surface area (Å²) in [5.74, 6) is -3.35. The van der Waals surface area contributed by atoms with Crippen LogP contribution in [0.25, 0.3) is 0 Å². The van der Waals surface area contributed by atoms with Gasteiger partial charge in [0, 0.05) is 13.8 Å². The monoisotopic (exact) mass is 296 g/mol. The van der Waals surface area contributed by atoms with Crippen molar-refractivity contribution in [3.63, 3.8) is 0 Å². The predicted octanol–water partition coefficient (Wildman–Crippen LogP) is 3.02. The first-order valence-electron chi connectivity index (χ1n) is 6.44. The molecule has 0 aromatic heterocycles. The lowest BCUT2D eigenvalue weighted by Crippen LogP contribution is -2.35. The third-order valence-corrected chi connectivity index (χ3v) is 2.21. The minimum atomic E-state index is -1.35. The van der Waals surface area contributed by atoms with E-state index in [4.69, 9.17) is 19.6 Å². The van der Waals surface area contributed by atoms with Gasteiger partial charge < -0.3 is 9.84 Å². The molecule has 0 heterocycles. The molecule has 0 radical (unpaired) electrons. The zero-order chi connectivity index (χ0) is 16.3. The number of benzene rings is 1. The fourth-order valence-electron chi connectivity index (χ4n) is 1.37. The van der Waals surface area contributed by atoms with Gasteiger partial charge in [-0.05, 0) is 32.9 Å². The second kappa shape index (κ2) is 6.24. The van der Waals surface area contributed by atoms with Gasteiger partial charge in [0.15, 0.2) is 0 Å². The van der Waals surface area contributed by atoms with Crippen LogP contribution in [0, 0.1) is 0 Å². The predicted molar refractivity (Wildman–Crippen MR) is 74.8 cm³/mol. The molecule has 0 fully saturated rings. The topological polar surface area (TPSA) is 82.1 Å². The molecule has 1 aromatic rings. The Morgan fingerprint density at radius 2 is 1.48 bits per heavy atom. The summed E-state index contributed by atoms with van der Waals surface area (Å²) in [5.41, 5.74) is -0.740. The molecule has 1 N–H and O–H groups in total. The van der Waals surface area contributed by atoms with E-state index in [1.165, 1.54) is 32.0 Å². The molecule has 0 atom stereocenters. The van der Waals surface area contributed by atoms with Gasteiger partial charge in [-0.2, -0.15) is 4.89 Å². The summed E-state index contributed by atoms with van der Waals surface area (Å²) in [6, 6.07) is 5.80. The molecule has 0 aliphatic heterocycles. The van der Waals surface area contributed by atoms with E-state index in [0.717, 1.165) is 0 Å². The number of aromatic carboxylic acids is 1. The summed E-state index contributed by atoms with van der Waals surface area (Å²) in [4.78, 5) is 33.4. The molecule has 6 heteroatoms.